The molecule has 1 aromatic rings. The van der Waals surface area contributed by atoms with Crippen LogP contribution in [0.15, 0.2) is 0 Å². The third-order valence-corrected chi connectivity index (χ3v) is 2.73. The lowest BCUT2D eigenvalue weighted by atomic mass is 10.2. The van der Waals surface area contributed by atoms with Crippen molar-refractivity contribution in [3.8, 4) is 0 Å². The zero-order valence-electron chi connectivity index (χ0n) is 11.2. The number of carboxylic acids is 1. The van der Waals surface area contributed by atoms with Gasteiger partial charge in [0.1, 0.15) is 0 Å². The highest BCUT2D eigenvalue weighted by molar-refractivity contribution is 5.66. The molecule has 102 valence electrons. The fourth-order valence-electron chi connectivity index (χ4n) is 1.66. The number of aromatic nitrogens is 4. The van der Waals surface area contributed by atoms with Crippen LogP contribution in [-0.4, -0.2) is 48.8 Å². The van der Waals surface area contributed by atoms with E-state index in [0.717, 1.165) is 18.8 Å². The number of aliphatic carboxylic acids is 1. The summed E-state index contributed by atoms with van der Waals surface area (Å²) in [5.74, 6) is 0.00439. The molecule has 7 heteroatoms. The highest BCUT2D eigenvalue weighted by atomic mass is 16.4. The number of nitrogens with zero attached hydrogens (tertiary/aromatic N) is 5. The Labute approximate surface area is 107 Å². The van der Waals surface area contributed by atoms with Crippen molar-refractivity contribution in [1.82, 2.24) is 25.1 Å². The van der Waals surface area contributed by atoms with E-state index in [0.29, 0.717) is 13.1 Å². The molecule has 0 aromatic carbocycles. The predicted octanol–water partition coefficient (Wildman–Crippen LogP) is 0.768. The zero-order chi connectivity index (χ0) is 13.5. The van der Waals surface area contributed by atoms with Gasteiger partial charge < -0.3 is 5.11 Å². The van der Waals surface area contributed by atoms with Crippen molar-refractivity contribution < 1.29 is 9.90 Å². The van der Waals surface area contributed by atoms with Gasteiger partial charge in [-0.1, -0.05) is 6.92 Å². The summed E-state index contributed by atoms with van der Waals surface area (Å²) in [4.78, 5) is 12.7. The minimum absolute atomic E-state index is 0.132. The van der Waals surface area contributed by atoms with Crippen LogP contribution >= 0.6 is 0 Å². The maximum absolute atomic E-state index is 10.6. The summed E-state index contributed by atoms with van der Waals surface area (Å²) >= 11 is 0. The Hall–Kier alpha value is -1.50. The first-order valence-corrected chi connectivity index (χ1v) is 6.25. The van der Waals surface area contributed by atoms with Crippen LogP contribution in [0.1, 0.15) is 39.4 Å². The van der Waals surface area contributed by atoms with E-state index >= 15 is 0 Å². The second-order valence-electron chi connectivity index (χ2n) is 4.53. The first-order valence-electron chi connectivity index (χ1n) is 6.25. The number of carbonyl (C=O) groups is 1. The zero-order valence-corrected chi connectivity index (χ0v) is 11.2. The molecule has 7 nitrogen and oxygen atoms in total. The van der Waals surface area contributed by atoms with Crippen LogP contribution < -0.4 is 0 Å². The van der Waals surface area contributed by atoms with E-state index in [-0.39, 0.29) is 12.5 Å². The molecule has 0 bridgehead atoms. The molecule has 0 fully saturated rings. The second kappa shape index (κ2) is 7.05. The Morgan fingerprint density at radius 1 is 1.50 bits per heavy atom. The molecule has 1 N–H and O–H groups in total. The molecule has 0 radical (unpaired) electrons. The van der Waals surface area contributed by atoms with Crippen molar-refractivity contribution in [2.24, 2.45) is 0 Å². The number of hydrogen-bond acceptors (Lipinski definition) is 5. The standard InChI is InChI=1S/C11H21N5O2/c1-4-6-16-10(12-13-14-16)8-15(9(2)3)7-5-11(17)18/h9H,4-8H2,1-3H3,(H,17,18). The molecule has 0 aliphatic carbocycles. The summed E-state index contributed by atoms with van der Waals surface area (Å²) in [7, 11) is 0. The molecule has 0 saturated carbocycles. The van der Waals surface area contributed by atoms with E-state index in [1.807, 2.05) is 13.8 Å². The minimum atomic E-state index is -0.784. The van der Waals surface area contributed by atoms with Gasteiger partial charge in [0.2, 0.25) is 0 Å². The Morgan fingerprint density at radius 3 is 2.78 bits per heavy atom. The fraction of sp³-hybridized carbons (Fsp3) is 0.818. The van der Waals surface area contributed by atoms with E-state index in [2.05, 4.69) is 27.3 Å². The highest BCUT2D eigenvalue weighted by Crippen LogP contribution is 2.06. The highest BCUT2D eigenvalue weighted by Gasteiger charge is 2.15. The molecule has 0 aliphatic rings. The molecule has 0 saturated heterocycles. The maximum atomic E-state index is 10.6. The molecular formula is C11H21N5O2. The minimum Gasteiger partial charge on any atom is -0.481 e. The monoisotopic (exact) mass is 255 g/mol. The van der Waals surface area contributed by atoms with Crippen LogP contribution in [0.5, 0.6) is 0 Å². The van der Waals surface area contributed by atoms with E-state index in [4.69, 9.17) is 5.11 Å². The molecule has 18 heavy (non-hydrogen) atoms. The molecule has 0 spiro atoms. The van der Waals surface area contributed by atoms with Crippen molar-refractivity contribution in [3.05, 3.63) is 5.82 Å². The van der Waals surface area contributed by atoms with Gasteiger partial charge in [0.25, 0.3) is 0 Å². The Bertz CT molecular complexity index is 377. The lowest BCUT2D eigenvalue weighted by Crippen LogP contribution is -2.33. The molecule has 1 heterocycles. The van der Waals surface area contributed by atoms with Gasteiger partial charge in [0.05, 0.1) is 13.0 Å². The molecule has 0 unspecified atom stereocenters. The Morgan fingerprint density at radius 2 is 2.22 bits per heavy atom. The van der Waals surface area contributed by atoms with Gasteiger partial charge in [-0.2, -0.15) is 0 Å². The van der Waals surface area contributed by atoms with E-state index in [9.17, 15) is 4.79 Å². The average molecular weight is 255 g/mol. The van der Waals surface area contributed by atoms with Gasteiger partial charge in [0.15, 0.2) is 5.82 Å². The Balaban J connectivity index is 2.64. The topological polar surface area (TPSA) is 84.1 Å². The van der Waals surface area contributed by atoms with Crippen LogP contribution in [0, 0.1) is 0 Å². The van der Waals surface area contributed by atoms with Crippen molar-refractivity contribution in [3.63, 3.8) is 0 Å². The fourth-order valence-corrected chi connectivity index (χ4v) is 1.66. The number of hydrogen-bond donors (Lipinski definition) is 1. The molecule has 0 atom stereocenters. The number of aryl methyl sites for hydroxylation is 1. The number of tetrazole rings is 1. The largest absolute Gasteiger partial charge is 0.481 e. The van der Waals surface area contributed by atoms with Gasteiger partial charge in [-0.05, 0) is 30.7 Å². The predicted molar refractivity (Wildman–Crippen MR) is 65.9 cm³/mol. The van der Waals surface area contributed by atoms with Gasteiger partial charge in [0, 0.05) is 19.1 Å². The third-order valence-electron chi connectivity index (χ3n) is 2.73. The van der Waals surface area contributed by atoms with Crippen molar-refractivity contribution >= 4 is 5.97 Å². The lowest BCUT2D eigenvalue weighted by molar-refractivity contribution is -0.137. The Kier molecular flexibility index (Phi) is 5.70. The van der Waals surface area contributed by atoms with E-state index < -0.39 is 5.97 Å². The summed E-state index contributed by atoms with van der Waals surface area (Å²) in [6, 6.07) is 0.260. The van der Waals surface area contributed by atoms with Gasteiger partial charge >= 0.3 is 5.97 Å². The second-order valence-corrected chi connectivity index (χ2v) is 4.53. The molecular weight excluding hydrogens is 234 g/mol. The summed E-state index contributed by atoms with van der Waals surface area (Å²) < 4.78 is 1.77. The van der Waals surface area contributed by atoms with Crippen molar-refractivity contribution in [2.45, 2.75) is 52.7 Å². The smallest absolute Gasteiger partial charge is 0.304 e. The first-order chi connectivity index (χ1) is 8.54. The van der Waals surface area contributed by atoms with Gasteiger partial charge in [-0.3, -0.25) is 9.69 Å². The maximum Gasteiger partial charge on any atom is 0.304 e. The van der Waals surface area contributed by atoms with Crippen molar-refractivity contribution in [2.75, 3.05) is 6.54 Å². The summed E-state index contributed by atoms with van der Waals surface area (Å²) in [5, 5.41) is 20.3. The number of carboxylic acid groups (broad SMARTS) is 1. The van der Waals surface area contributed by atoms with Gasteiger partial charge in [-0.15, -0.1) is 5.10 Å². The number of rotatable bonds is 8. The van der Waals surface area contributed by atoms with Crippen LogP contribution in [0.4, 0.5) is 0 Å². The normalized spacial score (nSPS) is 11.4. The lowest BCUT2D eigenvalue weighted by Gasteiger charge is -2.24. The van der Waals surface area contributed by atoms with Crippen LogP contribution in [-0.2, 0) is 17.9 Å². The SMILES string of the molecule is CCCn1nnnc1CN(CCC(=O)O)C(C)C. The van der Waals surface area contributed by atoms with E-state index in [1.165, 1.54) is 0 Å². The van der Waals surface area contributed by atoms with Gasteiger partial charge in [-0.25, -0.2) is 4.68 Å². The summed E-state index contributed by atoms with van der Waals surface area (Å²) in [6.45, 7) is 8.01. The van der Waals surface area contributed by atoms with Crippen molar-refractivity contribution in [1.29, 1.82) is 0 Å². The summed E-state index contributed by atoms with van der Waals surface area (Å²) in [6.07, 6.45) is 1.10. The average Bonchev–Trinajstić information content (AvgIpc) is 2.71. The van der Waals surface area contributed by atoms with Crippen LogP contribution in [0.2, 0.25) is 0 Å². The first kappa shape index (κ1) is 14.6. The molecule has 0 amide bonds. The van der Waals surface area contributed by atoms with E-state index in [1.54, 1.807) is 4.68 Å². The third kappa shape index (κ3) is 4.40. The molecule has 0 aliphatic heterocycles. The van der Waals surface area contributed by atoms with Crippen LogP contribution in [0.3, 0.4) is 0 Å². The quantitative estimate of drug-likeness (QED) is 0.738. The molecule has 1 aromatic heterocycles. The molecule has 1 rings (SSSR count). The van der Waals surface area contributed by atoms with Crippen LogP contribution in [0.25, 0.3) is 0 Å². The summed E-state index contributed by atoms with van der Waals surface area (Å²) in [5.41, 5.74) is 0.